The van der Waals surface area contributed by atoms with Crippen LogP contribution in [0.25, 0.3) is 5.69 Å². The number of nitriles is 1. The summed E-state index contributed by atoms with van der Waals surface area (Å²) >= 11 is 1.36. The van der Waals surface area contributed by atoms with Crippen LogP contribution in [0.2, 0.25) is 0 Å². The molecule has 0 bridgehead atoms. The maximum absolute atomic E-state index is 13.9. The van der Waals surface area contributed by atoms with Crippen molar-refractivity contribution in [3.05, 3.63) is 52.7 Å². The van der Waals surface area contributed by atoms with Crippen molar-refractivity contribution >= 4 is 23.5 Å². The first-order valence-corrected chi connectivity index (χ1v) is 11.7. The molecule has 0 radical (unpaired) electrons. The van der Waals surface area contributed by atoms with Crippen LogP contribution in [0.15, 0.2) is 29.4 Å². The number of rotatable bonds is 7. The van der Waals surface area contributed by atoms with Gasteiger partial charge in [-0.2, -0.15) is 5.26 Å². The van der Waals surface area contributed by atoms with E-state index in [0.29, 0.717) is 29.0 Å². The van der Waals surface area contributed by atoms with Crippen LogP contribution in [0, 0.1) is 31.0 Å². The molecule has 2 fully saturated rings. The molecule has 32 heavy (non-hydrogen) atoms. The second-order valence-corrected chi connectivity index (χ2v) is 9.36. The number of nitrogens with zero attached hydrogens (tertiary/aromatic N) is 5. The zero-order valence-corrected chi connectivity index (χ0v) is 18.7. The maximum Gasteiger partial charge on any atom is 0.236 e. The molecule has 3 aromatic rings. The lowest BCUT2D eigenvalue weighted by atomic mass is 10.2. The van der Waals surface area contributed by atoms with E-state index in [0.717, 1.165) is 47.9 Å². The van der Waals surface area contributed by atoms with Gasteiger partial charge in [-0.1, -0.05) is 17.8 Å². The molecule has 0 atom stereocenters. The molecule has 7 nitrogen and oxygen atoms in total. The normalized spacial score (nSPS) is 15.6. The summed E-state index contributed by atoms with van der Waals surface area (Å²) < 4.78 is 17.8. The van der Waals surface area contributed by atoms with E-state index in [9.17, 15) is 14.4 Å². The maximum atomic E-state index is 13.9. The summed E-state index contributed by atoms with van der Waals surface area (Å²) in [6.07, 6.45) is 4.57. The smallest absolute Gasteiger partial charge is 0.236 e. The number of aromatic nitrogens is 4. The average molecular weight is 451 g/mol. The molecule has 5 rings (SSSR count). The van der Waals surface area contributed by atoms with Crippen LogP contribution in [0.3, 0.4) is 0 Å². The first kappa shape index (κ1) is 20.8. The van der Waals surface area contributed by atoms with Crippen LogP contribution >= 0.6 is 11.8 Å². The van der Waals surface area contributed by atoms with E-state index < -0.39 is 0 Å². The Balaban J connectivity index is 1.38. The van der Waals surface area contributed by atoms with Gasteiger partial charge in [-0.3, -0.25) is 9.36 Å². The predicted molar refractivity (Wildman–Crippen MR) is 120 cm³/mol. The number of halogens is 1. The molecule has 0 spiro atoms. The second kappa shape index (κ2) is 8.10. The zero-order valence-electron chi connectivity index (χ0n) is 17.9. The minimum atomic E-state index is -0.384. The second-order valence-electron chi connectivity index (χ2n) is 8.41. The number of hydrogen-bond donors (Lipinski definition) is 1. The van der Waals surface area contributed by atoms with Gasteiger partial charge >= 0.3 is 0 Å². The third kappa shape index (κ3) is 3.79. The standard InChI is InChI=1S/C23H23FN6OS/c1-13-14(2)29(18-5-3-4-16(24)10-18)22(19(13)11-25)26-20(31)12-32-23-28-27-21(15-6-7-15)30(23)17-8-9-17/h3-5,10,15,17H,6-9,12H2,1-2H3,(H,26,31). The number of thioether (sulfide) groups is 1. The number of carbonyl (C=O) groups is 1. The lowest BCUT2D eigenvalue weighted by Gasteiger charge is -2.13. The van der Waals surface area contributed by atoms with Crippen molar-refractivity contribution in [2.45, 2.75) is 56.6 Å². The quantitative estimate of drug-likeness (QED) is 0.530. The number of benzene rings is 1. The minimum Gasteiger partial charge on any atom is -0.310 e. The molecule has 0 aliphatic heterocycles. The highest BCUT2D eigenvalue weighted by molar-refractivity contribution is 7.99. The Morgan fingerprint density at radius 3 is 2.72 bits per heavy atom. The summed E-state index contributed by atoms with van der Waals surface area (Å²) in [4.78, 5) is 12.9. The van der Waals surface area contributed by atoms with Gasteiger partial charge in [0.05, 0.1) is 17.0 Å². The third-order valence-electron chi connectivity index (χ3n) is 6.03. The number of carbonyl (C=O) groups excluding carboxylic acids is 1. The number of nitrogens with one attached hydrogen (secondary N) is 1. The fourth-order valence-electron chi connectivity index (χ4n) is 3.98. The van der Waals surface area contributed by atoms with Gasteiger partial charge in [0.1, 0.15) is 23.5 Å². The van der Waals surface area contributed by atoms with Crippen molar-refractivity contribution in [3.63, 3.8) is 0 Å². The summed E-state index contributed by atoms with van der Waals surface area (Å²) in [5, 5.41) is 22.1. The molecular formula is C23H23FN6OS. The summed E-state index contributed by atoms with van der Waals surface area (Å²) in [5.41, 5.74) is 2.46. The van der Waals surface area contributed by atoms with Crippen molar-refractivity contribution < 1.29 is 9.18 Å². The summed E-state index contributed by atoms with van der Waals surface area (Å²) in [7, 11) is 0. The van der Waals surface area contributed by atoms with Crippen molar-refractivity contribution in [3.8, 4) is 11.8 Å². The molecule has 1 N–H and O–H groups in total. The number of anilines is 1. The minimum absolute atomic E-state index is 0.146. The molecular weight excluding hydrogens is 427 g/mol. The van der Waals surface area contributed by atoms with E-state index in [4.69, 9.17) is 0 Å². The molecule has 2 aliphatic carbocycles. The average Bonchev–Trinajstić information content (AvgIpc) is 3.70. The fourth-order valence-corrected chi connectivity index (χ4v) is 4.79. The molecule has 2 aromatic heterocycles. The van der Waals surface area contributed by atoms with Gasteiger partial charge in [0.15, 0.2) is 5.16 Å². The van der Waals surface area contributed by atoms with Gasteiger partial charge in [0, 0.05) is 17.7 Å². The fraction of sp³-hybridized carbons (Fsp3) is 0.391. The molecule has 164 valence electrons. The summed E-state index contributed by atoms with van der Waals surface area (Å²) in [6, 6.07) is 8.73. The van der Waals surface area contributed by atoms with E-state index >= 15 is 0 Å². The number of hydrogen-bond acceptors (Lipinski definition) is 5. The lowest BCUT2D eigenvalue weighted by molar-refractivity contribution is -0.113. The van der Waals surface area contributed by atoms with E-state index in [1.807, 2.05) is 13.8 Å². The Hall–Kier alpha value is -3.12. The number of amides is 1. The van der Waals surface area contributed by atoms with E-state index in [1.165, 1.54) is 23.9 Å². The highest BCUT2D eigenvalue weighted by Gasteiger charge is 2.36. The molecule has 1 aromatic carbocycles. The van der Waals surface area contributed by atoms with Crippen molar-refractivity contribution in [2.75, 3.05) is 11.1 Å². The highest BCUT2D eigenvalue weighted by Crippen LogP contribution is 2.46. The van der Waals surface area contributed by atoms with Crippen LogP contribution in [0.1, 0.15) is 60.3 Å². The molecule has 9 heteroatoms. The zero-order chi connectivity index (χ0) is 22.4. The molecule has 0 unspecified atom stereocenters. The molecule has 2 saturated carbocycles. The highest BCUT2D eigenvalue weighted by atomic mass is 32.2. The predicted octanol–water partition coefficient (Wildman–Crippen LogP) is 4.64. The van der Waals surface area contributed by atoms with Crippen LogP contribution in [0.4, 0.5) is 10.2 Å². The largest absolute Gasteiger partial charge is 0.310 e. The van der Waals surface area contributed by atoms with Gasteiger partial charge in [-0.25, -0.2) is 4.39 Å². The van der Waals surface area contributed by atoms with Crippen molar-refractivity contribution in [1.29, 1.82) is 5.26 Å². The van der Waals surface area contributed by atoms with Crippen LogP contribution in [-0.2, 0) is 4.79 Å². The van der Waals surface area contributed by atoms with E-state index in [1.54, 1.807) is 16.7 Å². The Bertz CT molecular complexity index is 1250. The van der Waals surface area contributed by atoms with Gasteiger partial charge in [0.2, 0.25) is 5.91 Å². The van der Waals surface area contributed by atoms with Gasteiger partial charge in [-0.15, -0.1) is 10.2 Å². The molecule has 2 aliphatic rings. The van der Waals surface area contributed by atoms with Gasteiger partial charge in [-0.05, 0) is 63.3 Å². The first-order chi connectivity index (χ1) is 15.5. The van der Waals surface area contributed by atoms with E-state index in [2.05, 4.69) is 26.2 Å². The third-order valence-corrected chi connectivity index (χ3v) is 6.97. The van der Waals surface area contributed by atoms with Crippen molar-refractivity contribution in [2.24, 2.45) is 0 Å². The Morgan fingerprint density at radius 2 is 2.06 bits per heavy atom. The SMILES string of the molecule is Cc1c(C#N)c(NC(=O)CSc2nnc(C3CC3)n2C2CC2)n(-c2cccc(F)c2)c1C. The lowest BCUT2D eigenvalue weighted by Crippen LogP contribution is -2.18. The van der Waals surface area contributed by atoms with Gasteiger partial charge < -0.3 is 9.88 Å². The first-order valence-electron chi connectivity index (χ1n) is 10.7. The monoisotopic (exact) mass is 450 g/mol. The van der Waals surface area contributed by atoms with Crippen LogP contribution < -0.4 is 5.32 Å². The van der Waals surface area contributed by atoms with Gasteiger partial charge in [0.25, 0.3) is 0 Å². The summed E-state index contributed by atoms with van der Waals surface area (Å²) in [5.74, 6) is 1.43. The molecule has 1 amide bonds. The van der Waals surface area contributed by atoms with Crippen LogP contribution in [0.5, 0.6) is 0 Å². The summed E-state index contributed by atoms with van der Waals surface area (Å²) in [6.45, 7) is 3.68. The topological polar surface area (TPSA) is 88.5 Å². The Morgan fingerprint density at radius 1 is 1.28 bits per heavy atom. The van der Waals surface area contributed by atoms with Crippen molar-refractivity contribution in [1.82, 2.24) is 19.3 Å². The molecule has 2 heterocycles. The van der Waals surface area contributed by atoms with E-state index in [-0.39, 0.29) is 17.5 Å². The molecule has 0 saturated heterocycles. The Labute approximate surface area is 189 Å². The Kier molecular flexibility index (Phi) is 5.25. The van der Waals surface area contributed by atoms with Crippen LogP contribution in [-0.4, -0.2) is 31.0 Å².